The number of hydrogen-bond acceptors (Lipinski definition) is 6. The number of rotatable bonds is 7. The summed E-state index contributed by atoms with van der Waals surface area (Å²) in [6.45, 7) is 6.20. The molecular weight excluding hydrogens is 469 g/mol. The molecule has 0 spiro atoms. The van der Waals surface area contributed by atoms with Crippen LogP contribution in [-0.2, 0) is 4.74 Å². The van der Waals surface area contributed by atoms with Crippen molar-refractivity contribution >= 4 is 41.5 Å². The molecule has 9 heteroatoms. The molecule has 0 bridgehead atoms. The van der Waals surface area contributed by atoms with Gasteiger partial charge >= 0.3 is 6.09 Å². The van der Waals surface area contributed by atoms with Crippen LogP contribution in [0, 0.1) is 5.82 Å². The summed E-state index contributed by atoms with van der Waals surface area (Å²) in [5.74, 6) is 0.109. The highest BCUT2D eigenvalue weighted by molar-refractivity contribution is 7.81. The highest BCUT2D eigenvalue weighted by Gasteiger charge is 2.31. The molecule has 1 saturated carbocycles. The predicted molar refractivity (Wildman–Crippen MR) is 138 cm³/mol. The molecule has 35 heavy (non-hydrogen) atoms. The van der Waals surface area contributed by atoms with E-state index in [-0.39, 0.29) is 11.7 Å². The molecule has 0 saturated heterocycles. The first kappa shape index (κ1) is 24.9. The summed E-state index contributed by atoms with van der Waals surface area (Å²) in [5, 5.41) is 6.13. The average Bonchev–Trinajstić information content (AvgIpc) is 3.57. The Morgan fingerprint density at radius 3 is 2.49 bits per heavy atom. The Morgan fingerprint density at radius 2 is 1.89 bits per heavy atom. The van der Waals surface area contributed by atoms with E-state index < -0.39 is 11.7 Å². The maximum Gasteiger partial charge on any atom is 0.407 e. The number of anilines is 1. The lowest BCUT2D eigenvalue weighted by atomic mass is 10.0. The number of benzene rings is 2. The fourth-order valence-corrected chi connectivity index (χ4v) is 4.22. The van der Waals surface area contributed by atoms with E-state index in [2.05, 4.69) is 23.4 Å². The van der Waals surface area contributed by atoms with Gasteiger partial charge in [-0.3, -0.25) is 4.79 Å². The van der Waals surface area contributed by atoms with Crippen LogP contribution in [-0.4, -0.2) is 37.7 Å². The molecule has 2 N–H and O–H groups in total. The zero-order valence-corrected chi connectivity index (χ0v) is 21.2. The van der Waals surface area contributed by atoms with Gasteiger partial charge in [-0.1, -0.05) is 12.8 Å². The van der Waals surface area contributed by atoms with Crippen LogP contribution in [0.5, 0.6) is 0 Å². The molecule has 0 atom stereocenters. The summed E-state index contributed by atoms with van der Waals surface area (Å²) < 4.78 is 26.7. The Hall–Kier alpha value is -3.20. The van der Waals surface area contributed by atoms with E-state index in [9.17, 15) is 14.0 Å². The van der Waals surface area contributed by atoms with Crippen molar-refractivity contribution in [2.75, 3.05) is 24.4 Å². The number of thiol groups is 1. The summed E-state index contributed by atoms with van der Waals surface area (Å²) in [5.41, 5.74) is 2.92. The van der Waals surface area contributed by atoms with Gasteiger partial charge in [0, 0.05) is 37.2 Å². The maximum atomic E-state index is 13.5. The molecule has 1 aromatic heterocycles. The van der Waals surface area contributed by atoms with Crippen LogP contribution in [0.3, 0.4) is 0 Å². The maximum absolute atomic E-state index is 13.5. The minimum absolute atomic E-state index is 0.276. The average molecular weight is 500 g/mol. The number of fused-ring (bicyclic) bond motifs is 1. The van der Waals surface area contributed by atoms with Gasteiger partial charge in [-0.05, 0) is 75.4 Å². The first-order valence-corrected chi connectivity index (χ1v) is 12.0. The van der Waals surface area contributed by atoms with Crippen molar-refractivity contribution < 1.29 is 23.1 Å². The summed E-state index contributed by atoms with van der Waals surface area (Å²) in [6, 6.07) is 9.73. The highest BCUT2D eigenvalue weighted by atomic mass is 32.1. The molecule has 2 aromatic carbocycles. The van der Waals surface area contributed by atoms with E-state index in [4.69, 9.17) is 9.15 Å². The van der Waals surface area contributed by atoms with E-state index in [0.717, 1.165) is 24.1 Å². The zero-order valence-electron chi connectivity index (χ0n) is 20.3. The van der Waals surface area contributed by atoms with E-state index in [1.165, 1.54) is 12.1 Å². The number of alkyl carbamates (subject to hydrolysis) is 1. The number of amides is 2. The van der Waals surface area contributed by atoms with Gasteiger partial charge in [-0.25, -0.2) is 9.18 Å². The van der Waals surface area contributed by atoms with Gasteiger partial charge in [-0.2, -0.15) is 0 Å². The molecule has 3 aromatic rings. The smallest absolute Gasteiger partial charge is 0.407 e. The first-order chi connectivity index (χ1) is 16.6. The van der Waals surface area contributed by atoms with Crippen LogP contribution in [0.4, 0.5) is 14.9 Å². The van der Waals surface area contributed by atoms with Crippen molar-refractivity contribution in [3.8, 4) is 11.3 Å². The zero-order chi connectivity index (χ0) is 25.3. The van der Waals surface area contributed by atoms with Crippen LogP contribution in [0.2, 0.25) is 0 Å². The lowest BCUT2D eigenvalue weighted by molar-refractivity contribution is 0.0529. The van der Waals surface area contributed by atoms with Crippen molar-refractivity contribution in [1.82, 2.24) is 10.6 Å². The Morgan fingerprint density at radius 1 is 1.20 bits per heavy atom. The standard InChI is InChI=1S/C26H30FN3O4S/c1-26(2,3)34-25(32)29-11-12-30(35)20-14-21-19(13-18(20)15-5-6-15)22(24(31)28-4)23(33-21)16-7-9-17(27)10-8-16/h7-10,13-15,35H,5-6,11-12H2,1-4H3,(H,28,31)(H,29,32). The van der Waals surface area contributed by atoms with Gasteiger partial charge in [-0.15, -0.1) is 0 Å². The van der Waals surface area contributed by atoms with E-state index >= 15 is 0 Å². The van der Waals surface area contributed by atoms with Crippen molar-refractivity contribution in [2.45, 2.75) is 45.1 Å². The molecule has 1 aliphatic rings. The van der Waals surface area contributed by atoms with E-state index in [1.807, 2.05) is 32.9 Å². The Balaban J connectivity index is 1.67. The van der Waals surface area contributed by atoms with Gasteiger partial charge in [0.25, 0.3) is 5.91 Å². The third-order valence-corrected chi connectivity index (χ3v) is 6.10. The SMILES string of the molecule is CNC(=O)c1c(-c2ccc(F)cc2)oc2cc(N(S)CCNC(=O)OC(C)(C)C)c(C3CC3)cc12. The number of halogens is 1. The number of hydrogen-bond donors (Lipinski definition) is 3. The molecule has 1 fully saturated rings. The molecular formula is C26H30FN3O4S. The van der Waals surface area contributed by atoms with Gasteiger partial charge < -0.3 is 24.1 Å². The van der Waals surface area contributed by atoms with Gasteiger partial charge in [0.05, 0.1) is 11.3 Å². The summed E-state index contributed by atoms with van der Waals surface area (Å²) >= 11 is 4.68. The normalized spacial score (nSPS) is 13.5. The topological polar surface area (TPSA) is 83.8 Å². The molecule has 0 aliphatic heterocycles. The van der Waals surface area contributed by atoms with Crippen molar-refractivity contribution in [3.63, 3.8) is 0 Å². The van der Waals surface area contributed by atoms with Crippen LogP contribution < -0.4 is 14.9 Å². The first-order valence-electron chi connectivity index (χ1n) is 11.6. The number of furan rings is 1. The van der Waals surface area contributed by atoms with Crippen LogP contribution in [0.25, 0.3) is 22.3 Å². The van der Waals surface area contributed by atoms with Crippen LogP contribution in [0.15, 0.2) is 40.8 Å². The van der Waals surface area contributed by atoms with Crippen molar-refractivity contribution in [2.24, 2.45) is 0 Å². The lowest BCUT2D eigenvalue weighted by Crippen LogP contribution is -2.36. The van der Waals surface area contributed by atoms with E-state index in [1.54, 1.807) is 23.5 Å². The molecule has 7 nitrogen and oxygen atoms in total. The number of carbonyl (C=O) groups excluding carboxylic acids is 2. The Kier molecular flexibility index (Phi) is 6.98. The molecule has 2 amide bonds. The molecule has 186 valence electrons. The summed E-state index contributed by atoms with van der Waals surface area (Å²) in [6.07, 6.45) is 1.62. The second-order valence-electron chi connectivity index (χ2n) is 9.63. The second kappa shape index (κ2) is 9.81. The van der Waals surface area contributed by atoms with Crippen molar-refractivity contribution in [3.05, 3.63) is 53.3 Å². The predicted octanol–water partition coefficient (Wildman–Crippen LogP) is 5.65. The number of nitrogens with zero attached hydrogens (tertiary/aromatic N) is 1. The van der Waals surface area contributed by atoms with Crippen LogP contribution in [0.1, 0.15) is 55.5 Å². The van der Waals surface area contributed by atoms with Gasteiger partial charge in [0.2, 0.25) is 0 Å². The largest absolute Gasteiger partial charge is 0.455 e. The highest BCUT2D eigenvalue weighted by Crippen LogP contribution is 2.47. The quantitative estimate of drug-likeness (QED) is 0.366. The van der Waals surface area contributed by atoms with E-state index in [0.29, 0.717) is 46.9 Å². The Labute approximate surface area is 209 Å². The summed E-state index contributed by atoms with van der Waals surface area (Å²) in [7, 11) is 1.57. The van der Waals surface area contributed by atoms with Crippen molar-refractivity contribution in [1.29, 1.82) is 0 Å². The monoisotopic (exact) mass is 499 g/mol. The minimum atomic E-state index is -0.571. The molecule has 0 unspecified atom stereocenters. The fourth-order valence-electron chi connectivity index (χ4n) is 3.95. The molecule has 0 radical (unpaired) electrons. The third-order valence-electron chi connectivity index (χ3n) is 5.68. The Bertz CT molecular complexity index is 1250. The number of ether oxygens (including phenoxy) is 1. The number of carbonyl (C=O) groups is 2. The second-order valence-corrected chi connectivity index (χ2v) is 10.1. The lowest BCUT2D eigenvalue weighted by Gasteiger charge is -2.23. The van der Waals surface area contributed by atoms with Gasteiger partial charge in [0.15, 0.2) is 0 Å². The fraction of sp³-hybridized carbons (Fsp3) is 0.385. The van der Waals surface area contributed by atoms with Crippen LogP contribution >= 0.6 is 12.8 Å². The summed E-state index contributed by atoms with van der Waals surface area (Å²) in [4.78, 5) is 24.8. The number of nitrogens with one attached hydrogen (secondary N) is 2. The molecule has 1 heterocycles. The van der Waals surface area contributed by atoms with Gasteiger partial charge in [0.1, 0.15) is 22.8 Å². The molecule has 4 rings (SSSR count). The minimum Gasteiger partial charge on any atom is -0.455 e. The third kappa shape index (κ3) is 5.73. The molecule has 1 aliphatic carbocycles.